The van der Waals surface area contributed by atoms with Gasteiger partial charge in [0.1, 0.15) is 0 Å². The highest BCUT2D eigenvalue weighted by atomic mass is 79.9. The summed E-state index contributed by atoms with van der Waals surface area (Å²) in [4.78, 5) is 0. The number of halogens is 1. The average Bonchev–Trinajstić information content (AvgIpc) is 2.50. The Morgan fingerprint density at radius 3 is 2.60 bits per heavy atom. The first-order chi connectivity index (χ1) is 7.14. The Labute approximate surface area is 100 Å². The van der Waals surface area contributed by atoms with Crippen LogP contribution in [0, 0.1) is 0 Å². The van der Waals surface area contributed by atoms with Gasteiger partial charge >= 0.3 is 0 Å². The van der Waals surface area contributed by atoms with Gasteiger partial charge in [0.05, 0.1) is 0 Å². The van der Waals surface area contributed by atoms with E-state index in [4.69, 9.17) is 0 Å². The van der Waals surface area contributed by atoms with E-state index in [0.29, 0.717) is 11.5 Å². The van der Waals surface area contributed by atoms with Crippen molar-refractivity contribution in [2.75, 3.05) is 5.32 Å². The molecule has 1 nitrogen and oxygen atoms in total. The first kappa shape index (κ1) is 11.0. The van der Waals surface area contributed by atoms with Crippen molar-refractivity contribution >= 4 is 21.6 Å². The van der Waals surface area contributed by atoms with E-state index < -0.39 is 0 Å². The van der Waals surface area contributed by atoms with Crippen molar-refractivity contribution in [3.05, 3.63) is 28.2 Å². The van der Waals surface area contributed by atoms with Crippen LogP contribution in [0.25, 0.3) is 0 Å². The summed E-state index contributed by atoms with van der Waals surface area (Å²) < 4.78 is 1.18. The third-order valence-electron chi connectivity index (χ3n) is 3.98. The minimum atomic E-state index is 0.319. The molecule has 0 bridgehead atoms. The molecule has 1 N–H and O–H groups in total. The van der Waals surface area contributed by atoms with Gasteiger partial charge in [-0.05, 0) is 43.5 Å². The Bertz CT molecular complexity index is 369. The molecule has 1 heterocycles. The Balaban J connectivity index is 2.56. The van der Waals surface area contributed by atoms with E-state index >= 15 is 0 Å². The van der Waals surface area contributed by atoms with E-state index in [1.807, 2.05) is 0 Å². The van der Waals surface area contributed by atoms with Crippen LogP contribution in [0.3, 0.4) is 0 Å². The van der Waals surface area contributed by atoms with E-state index in [9.17, 15) is 0 Å². The van der Waals surface area contributed by atoms with Gasteiger partial charge in [0.2, 0.25) is 0 Å². The van der Waals surface area contributed by atoms with Crippen molar-refractivity contribution < 1.29 is 0 Å². The van der Waals surface area contributed by atoms with E-state index in [1.54, 1.807) is 0 Å². The fourth-order valence-corrected chi connectivity index (χ4v) is 3.26. The molecule has 1 aliphatic heterocycles. The van der Waals surface area contributed by atoms with Crippen LogP contribution in [0.2, 0.25) is 0 Å². The maximum atomic E-state index is 3.60. The van der Waals surface area contributed by atoms with Crippen molar-refractivity contribution in [1.29, 1.82) is 0 Å². The smallest absolute Gasteiger partial charge is 0.0382 e. The van der Waals surface area contributed by atoms with Crippen LogP contribution in [0.5, 0.6) is 0 Å². The largest absolute Gasteiger partial charge is 0.381 e. The topological polar surface area (TPSA) is 12.0 Å². The molecule has 2 rings (SSSR count). The number of hydrogen-bond acceptors (Lipinski definition) is 1. The summed E-state index contributed by atoms with van der Waals surface area (Å²) in [5, 5.41) is 3.60. The Morgan fingerprint density at radius 2 is 2.00 bits per heavy atom. The lowest BCUT2D eigenvalue weighted by Crippen LogP contribution is -2.35. The molecule has 0 aliphatic carbocycles. The van der Waals surface area contributed by atoms with Crippen molar-refractivity contribution in [3.8, 4) is 0 Å². The molecule has 1 atom stereocenters. The number of benzene rings is 1. The lowest BCUT2D eigenvalue weighted by atomic mass is 9.73. The predicted molar refractivity (Wildman–Crippen MR) is 69.5 cm³/mol. The summed E-state index contributed by atoms with van der Waals surface area (Å²) in [5.41, 5.74) is 3.11. The van der Waals surface area contributed by atoms with Gasteiger partial charge in [0.15, 0.2) is 0 Å². The highest BCUT2D eigenvalue weighted by molar-refractivity contribution is 9.10. The van der Waals surface area contributed by atoms with Crippen LogP contribution in [0.4, 0.5) is 5.69 Å². The minimum Gasteiger partial charge on any atom is -0.381 e. The van der Waals surface area contributed by atoms with Crippen LogP contribution in [0.1, 0.15) is 39.2 Å². The molecule has 0 amide bonds. The molecule has 1 aliphatic rings. The molecule has 82 valence electrons. The van der Waals surface area contributed by atoms with Gasteiger partial charge in [-0.3, -0.25) is 0 Å². The second-order valence-electron chi connectivity index (χ2n) is 4.42. The molecule has 0 aromatic heterocycles. The Kier molecular flexibility index (Phi) is 2.80. The third kappa shape index (κ3) is 1.50. The molecule has 1 aromatic rings. The summed E-state index contributed by atoms with van der Waals surface area (Å²) in [6.45, 7) is 6.87. The van der Waals surface area contributed by atoms with Crippen LogP contribution in [0.15, 0.2) is 22.7 Å². The molecule has 0 fully saturated rings. The summed E-state index contributed by atoms with van der Waals surface area (Å²) in [6, 6.07) is 7.11. The second-order valence-corrected chi connectivity index (χ2v) is 5.33. The van der Waals surface area contributed by atoms with Crippen LogP contribution >= 0.6 is 15.9 Å². The van der Waals surface area contributed by atoms with E-state index in [2.05, 4.69) is 60.2 Å². The average molecular weight is 268 g/mol. The molecule has 2 heteroatoms. The lowest BCUT2D eigenvalue weighted by Gasteiger charge is -2.31. The first-order valence-electron chi connectivity index (χ1n) is 5.70. The van der Waals surface area contributed by atoms with Crippen LogP contribution < -0.4 is 5.32 Å². The fraction of sp³-hybridized carbons (Fsp3) is 0.538. The standard InChI is InChI=1S/C13H18BrN/c1-4-13(5-2)9(3)15-12-7-6-10(14)8-11(12)13/h6-9,15H,4-5H2,1-3H3. The zero-order valence-electron chi connectivity index (χ0n) is 9.60. The zero-order chi connectivity index (χ0) is 11.1. The minimum absolute atomic E-state index is 0.319. The normalized spacial score (nSPS) is 22.3. The van der Waals surface area contributed by atoms with E-state index in [1.165, 1.54) is 28.6 Å². The van der Waals surface area contributed by atoms with Crippen molar-refractivity contribution in [2.24, 2.45) is 0 Å². The molecule has 0 spiro atoms. The van der Waals surface area contributed by atoms with Gasteiger partial charge in [-0.2, -0.15) is 0 Å². The number of anilines is 1. The summed E-state index contributed by atoms with van der Waals surface area (Å²) in [5.74, 6) is 0. The van der Waals surface area contributed by atoms with Gasteiger partial charge in [0, 0.05) is 21.6 Å². The zero-order valence-corrected chi connectivity index (χ0v) is 11.2. The predicted octanol–water partition coefficient (Wildman–Crippen LogP) is 4.32. The SMILES string of the molecule is CCC1(CC)c2cc(Br)ccc2NC1C. The highest BCUT2D eigenvalue weighted by Crippen LogP contribution is 2.46. The van der Waals surface area contributed by atoms with E-state index in [-0.39, 0.29) is 0 Å². The Hall–Kier alpha value is -0.500. The lowest BCUT2D eigenvalue weighted by molar-refractivity contribution is 0.370. The highest BCUT2D eigenvalue weighted by Gasteiger charge is 2.41. The van der Waals surface area contributed by atoms with Crippen LogP contribution in [-0.4, -0.2) is 6.04 Å². The maximum Gasteiger partial charge on any atom is 0.0382 e. The molecule has 15 heavy (non-hydrogen) atoms. The van der Waals surface area contributed by atoms with Gasteiger partial charge in [0.25, 0.3) is 0 Å². The summed E-state index contributed by atoms with van der Waals surface area (Å²) in [7, 11) is 0. The first-order valence-corrected chi connectivity index (χ1v) is 6.50. The quantitative estimate of drug-likeness (QED) is 0.842. The molecule has 0 saturated heterocycles. The number of nitrogens with one attached hydrogen (secondary N) is 1. The van der Waals surface area contributed by atoms with E-state index in [0.717, 1.165) is 0 Å². The number of rotatable bonds is 2. The summed E-state index contributed by atoms with van der Waals surface area (Å²) >= 11 is 3.57. The Morgan fingerprint density at radius 1 is 1.33 bits per heavy atom. The molecule has 1 aromatic carbocycles. The van der Waals surface area contributed by atoms with Gasteiger partial charge < -0.3 is 5.32 Å². The van der Waals surface area contributed by atoms with Crippen molar-refractivity contribution in [2.45, 2.75) is 45.1 Å². The molecule has 0 radical (unpaired) electrons. The second kappa shape index (κ2) is 3.82. The van der Waals surface area contributed by atoms with Crippen LogP contribution in [-0.2, 0) is 5.41 Å². The molecular formula is C13H18BrN. The number of hydrogen-bond donors (Lipinski definition) is 1. The molecule has 0 saturated carbocycles. The van der Waals surface area contributed by atoms with Gasteiger partial charge in [-0.1, -0.05) is 29.8 Å². The third-order valence-corrected chi connectivity index (χ3v) is 4.47. The molecule has 1 unspecified atom stereocenters. The van der Waals surface area contributed by atoms with Crippen molar-refractivity contribution in [3.63, 3.8) is 0 Å². The van der Waals surface area contributed by atoms with Gasteiger partial charge in [-0.15, -0.1) is 0 Å². The summed E-state index contributed by atoms with van der Waals surface area (Å²) in [6.07, 6.45) is 2.39. The monoisotopic (exact) mass is 267 g/mol. The van der Waals surface area contributed by atoms with Crippen molar-refractivity contribution in [1.82, 2.24) is 0 Å². The maximum absolute atomic E-state index is 3.60. The number of fused-ring (bicyclic) bond motifs is 1. The molecular weight excluding hydrogens is 250 g/mol. The van der Waals surface area contributed by atoms with Gasteiger partial charge in [-0.25, -0.2) is 0 Å². The fourth-order valence-electron chi connectivity index (χ4n) is 2.90.